The van der Waals surface area contributed by atoms with Crippen LogP contribution in [0.15, 0.2) is 54.6 Å². The summed E-state index contributed by atoms with van der Waals surface area (Å²) in [5.41, 5.74) is 0.586. The highest BCUT2D eigenvalue weighted by Gasteiger charge is 2.29. The summed E-state index contributed by atoms with van der Waals surface area (Å²) in [7, 11) is -1.40. The van der Waals surface area contributed by atoms with E-state index in [0.29, 0.717) is 23.6 Å². The van der Waals surface area contributed by atoms with Crippen molar-refractivity contribution >= 4 is 27.3 Å². The van der Waals surface area contributed by atoms with Gasteiger partial charge in [0, 0.05) is 17.8 Å². The standard InChI is InChI=1S/C21H25N3O5S/c1-24(14-21(26)23-17-10-11-30(27,28)15-17)13-20(25)22-16-6-5-9-19(12-16)29-18-7-3-2-4-8-18/h2-9,12,17H,10-11,13-15H2,1H3,(H,22,25)(H,23,26). The van der Waals surface area contributed by atoms with E-state index >= 15 is 0 Å². The number of rotatable bonds is 8. The lowest BCUT2D eigenvalue weighted by Crippen LogP contribution is -2.43. The van der Waals surface area contributed by atoms with Gasteiger partial charge < -0.3 is 15.4 Å². The van der Waals surface area contributed by atoms with Gasteiger partial charge in [-0.25, -0.2) is 8.42 Å². The molecule has 3 rings (SSSR count). The van der Waals surface area contributed by atoms with Gasteiger partial charge in [-0.15, -0.1) is 0 Å². The summed E-state index contributed by atoms with van der Waals surface area (Å²) in [6.07, 6.45) is 0.430. The molecule has 2 aromatic carbocycles. The second kappa shape index (κ2) is 9.73. The number of carbonyl (C=O) groups is 2. The molecule has 2 amide bonds. The van der Waals surface area contributed by atoms with Gasteiger partial charge >= 0.3 is 0 Å². The van der Waals surface area contributed by atoms with Crippen molar-refractivity contribution in [3.8, 4) is 11.5 Å². The number of hydrogen-bond donors (Lipinski definition) is 2. The number of ether oxygens (including phenoxy) is 1. The average Bonchev–Trinajstić information content (AvgIpc) is 3.00. The van der Waals surface area contributed by atoms with Crippen LogP contribution in [0, 0.1) is 0 Å². The van der Waals surface area contributed by atoms with Crippen LogP contribution in [0.25, 0.3) is 0 Å². The molecule has 1 unspecified atom stereocenters. The summed E-state index contributed by atoms with van der Waals surface area (Å²) >= 11 is 0. The van der Waals surface area contributed by atoms with Gasteiger partial charge in [-0.05, 0) is 37.7 Å². The second-order valence-electron chi connectivity index (χ2n) is 7.33. The monoisotopic (exact) mass is 431 g/mol. The van der Waals surface area contributed by atoms with Crippen molar-refractivity contribution in [3.63, 3.8) is 0 Å². The van der Waals surface area contributed by atoms with Crippen LogP contribution in [0.1, 0.15) is 6.42 Å². The van der Waals surface area contributed by atoms with Crippen LogP contribution in [0.3, 0.4) is 0 Å². The molecule has 0 saturated carbocycles. The maximum Gasteiger partial charge on any atom is 0.238 e. The van der Waals surface area contributed by atoms with Gasteiger partial charge in [0.1, 0.15) is 11.5 Å². The molecule has 8 nitrogen and oxygen atoms in total. The molecule has 30 heavy (non-hydrogen) atoms. The Hall–Kier alpha value is -2.91. The third-order valence-electron chi connectivity index (χ3n) is 4.52. The minimum atomic E-state index is -3.05. The molecule has 9 heteroatoms. The minimum absolute atomic E-state index is 0.00112. The van der Waals surface area contributed by atoms with Crippen molar-refractivity contribution in [3.05, 3.63) is 54.6 Å². The van der Waals surface area contributed by atoms with Gasteiger partial charge in [-0.3, -0.25) is 14.5 Å². The summed E-state index contributed by atoms with van der Waals surface area (Å²) in [5.74, 6) is 0.796. The number of likely N-dealkylation sites (N-methyl/N-ethyl adjacent to an activating group) is 1. The number of nitrogens with one attached hydrogen (secondary N) is 2. The maximum absolute atomic E-state index is 12.3. The first-order valence-corrected chi connectivity index (χ1v) is 11.4. The van der Waals surface area contributed by atoms with E-state index in [4.69, 9.17) is 4.74 Å². The van der Waals surface area contributed by atoms with Crippen LogP contribution >= 0.6 is 0 Å². The maximum atomic E-state index is 12.3. The first-order chi connectivity index (χ1) is 14.3. The van der Waals surface area contributed by atoms with E-state index < -0.39 is 9.84 Å². The van der Waals surface area contributed by atoms with Crippen molar-refractivity contribution in [2.45, 2.75) is 12.5 Å². The van der Waals surface area contributed by atoms with Gasteiger partial charge in [0.05, 0.1) is 24.6 Å². The number of amides is 2. The average molecular weight is 432 g/mol. The number of nitrogens with zero attached hydrogens (tertiary/aromatic N) is 1. The number of sulfone groups is 1. The highest BCUT2D eigenvalue weighted by atomic mass is 32.2. The molecule has 0 aromatic heterocycles. The molecular weight excluding hydrogens is 406 g/mol. The van der Waals surface area contributed by atoms with Crippen molar-refractivity contribution in [2.75, 3.05) is 37.0 Å². The van der Waals surface area contributed by atoms with Gasteiger partial charge in [0.15, 0.2) is 9.84 Å². The van der Waals surface area contributed by atoms with Gasteiger partial charge in [-0.1, -0.05) is 24.3 Å². The first kappa shape index (κ1) is 21.8. The Kier molecular flexibility index (Phi) is 7.07. The van der Waals surface area contributed by atoms with Crippen LogP contribution in [-0.2, 0) is 19.4 Å². The molecule has 1 fully saturated rings. The molecule has 0 radical (unpaired) electrons. The zero-order valence-corrected chi connectivity index (χ0v) is 17.5. The molecule has 1 saturated heterocycles. The summed E-state index contributed by atoms with van der Waals surface area (Å²) in [6.45, 7) is 0.0152. The molecule has 0 aliphatic carbocycles. The Morgan fingerprint density at radius 3 is 2.43 bits per heavy atom. The Labute approximate surface area is 176 Å². The third-order valence-corrected chi connectivity index (χ3v) is 6.29. The Bertz CT molecular complexity index is 995. The number of para-hydroxylation sites is 1. The van der Waals surface area contributed by atoms with E-state index in [1.165, 1.54) is 0 Å². The fraction of sp³-hybridized carbons (Fsp3) is 0.333. The van der Waals surface area contributed by atoms with Gasteiger partial charge in [0.2, 0.25) is 11.8 Å². The zero-order valence-electron chi connectivity index (χ0n) is 16.7. The predicted octanol–water partition coefficient (Wildman–Crippen LogP) is 1.65. The van der Waals surface area contributed by atoms with Crippen LogP contribution in [0.2, 0.25) is 0 Å². The van der Waals surface area contributed by atoms with E-state index in [2.05, 4.69) is 10.6 Å². The molecule has 2 N–H and O–H groups in total. The van der Waals surface area contributed by atoms with Gasteiger partial charge in [-0.2, -0.15) is 0 Å². The zero-order chi connectivity index (χ0) is 21.6. The number of benzene rings is 2. The van der Waals surface area contributed by atoms with Crippen molar-refractivity contribution in [1.82, 2.24) is 10.2 Å². The molecule has 0 spiro atoms. The van der Waals surface area contributed by atoms with Crippen molar-refractivity contribution in [2.24, 2.45) is 0 Å². The van der Waals surface area contributed by atoms with E-state index in [1.807, 2.05) is 30.3 Å². The Morgan fingerprint density at radius 1 is 1.03 bits per heavy atom. The highest BCUT2D eigenvalue weighted by Crippen LogP contribution is 2.23. The largest absolute Gasteiger partial charge is 0.457 e. The van der Waals surface area contributed by atoms with Gasteiger partial charge in [0.25, 0.3) is 0 Å². The fourth-order valence-electron chi connectivity index (χ4n) is 3.19. The quantitative estimate of drug-likeness (QED) is 0.659. The number of anilines is 1. The van der Waals surface area contributed by atoms with E-state index in [-0.39, 0.29) is 42.5 Å². The molecule has 1 aliphatic heterocycles. The van der Waals surface area contributed by atoms with E-state index in [1.54, 1.807) is 36.2 Å². The topological polar surface area (TPSA) is 105 Å². The lowest BCUT2D eigenvalue weighted by atomic mass is 10.2. The lowest BCUT2D eigenvalue weighted by Gasteiger charge is -2.18. The summed E-state index contributed by atoms with van der Waals surface area (Å²) in [6, 6.07) is 16.0. The molecule has 2 aromatic rings. The SMILES string of the molecule is CN(CC(=O)Nc1cccc(Oc2ccccc2)c1)CC(=O)NC1CCS(=O)(=O)C1. The summed E-state index contributed by atoms with van der Waals surface area (Å²) in [4.78, 5) is 25.9. The summed E-state index contributed by atoms with van der Waals surface area (Å²) in [5, 5.41) is 5.50. The second-order valence-corrected chi connectivity index (χ2v) is 9.56. The molecular formula is C21H25N3O5S. The smallest absolute Gasteiger partial charge is 0.238 e. The molecule has 1 aliphatic rings. The molecule has 1 atom stereocenters. The molecule has 160 valence electrons. The van der Waals surface area contributed by atoms with Crippen molar-refractivity contribution < 1.29 is 22.7 Å². The van der Waals surface area contributed by atoms with E-state index in [9.17, 15) is 18.0 Å². The lowest BCUT2D eigenvalue weighted by molar-refractivity contribution is -0.123. The first-order valence-electron chi connectivity index (χ1n) is 9.60. The van der Waals surface area contributed by atoms with Crippen LogP contribution in [-0.4, -0.2) is 62.8 Å². The fourth-order valence-corrected chi connectivity index (χ4v) is 4.86. The normalized spacial score (nSPS) is 17.5. The molecule has 1 heterocycles. The Morgan fingerprint density at radius 2 is 1.73 bits per heavy atom. The third kappa shape index (κ3) is 6.85. The van der Waals surface area contributed by atoms with Crippen LogP contribution in [0.4, 0.5) is 5.69 Å². The number of hydrogen-bond acceptors (Lipinski definition) is 6. The highest BCUT2D eigenvalue weighted by molar-refractivity contribution is 7.91. The Balaban J connectivity index is 1.45. The molecule has 0 bridgehead atoms. The van der Waals surface area contributed by atoms with Crippen molar-refractivity contribution in [1.29, 1.82) is 0 Å². The minimum Gasteiger partial charge on any atom is -0.457 e. The van der Waals surface area contributed by atoms with E-state index in [0.717, 1.165) is 0 Å². The predicted molar refractivity (Wildman–Crippen MR) is 114 cm³/mol. The van der Waals surface area contributed by atoms with Crippen LogP contribution < -0.4 is 15.4 Å². The number of carbonyl (C=O) groups excluding carboxylic acids is 2. The van der Waals surface area contributed by atoms with Crippen LogP contribution in [0.5, 0.6) is 11.5 Å². The summed E-state index contributed by atoms with van der Waals surface area (Å²) < 4.78 is 28.7.